The highest BCUT2D eigenvalue weighted by Gasteiger charge is 2.46. The van der Waals surface area contributed by atoms with Gasteiger partial charge in [-0.3, -0.25) is 9.78 Å². The highest BCUT2D eigenvalue weighted by atomic mass is 19.4. The van der Waals surface area contributed by atoms with Crippen LogP contribution in [-0.4, -0.2) is 55.1 Å². The summed E-state index contributed by atoms with van der Waals surface area (Å²) in [7, 11) is 2.15. The first kappa shape index (κ1) is 22.4. The van der Waals surface area contributed by atoms with E-state index in [4.69, 9.17) is 0 Å². The molecule has 2 unspecified atom stereocenters. The number of amides is 1. The van der Waals surface area contributed by atoms with Crippen LogP contribution in [0, 0.1) is 23.7 Å². The van der Waals surface area contributed by atoms with E-state index in [0.717, 1.165) is 37.8 Å². The average molecular weight is 461 g/mol. The molecule has 1 amide bonds. The number of hydrogen-bond donors (Lipinski definition) is 1. The van der Waals surface area contributed by atoms with Gasteiger partial charge in [0.25, 0.3) is 0 Å². The standard InChI is InChI=1S/C25H31F3N4O/c1-15-8-18(30-23(33)10-20-16-9-17(20)13-31(2)12-16)14-32(11-15)22-6-5-21(25(26,27)28)24-19(22)4-3-7-29-24/h3-7,15-18,20H,8-14H2,1-2H3,(H,30,33)/t15-,16?,17?,18+,20?/m0/s1. The van der Waals surface area contributed by atoms with Crippen molar-refractivity contribution in [1.82, 2.24) is 15.2 Å². The van der Waals surface area contributed by atoms with Crippen LogP contribution in [0.5, 0.6) is 0 Å². The second-order valence-electron chi connectivity index (χ2n) is 10.4. The van der Waals surface area contributed by atoms with Gasteiger partial charge in [0.15, 0.2) is 0 Å². The Labute approximate surface area is 192 Å². The van der Waals surface area contributed by atoms with Crippen LogP contribution in [0.3, 0.4) is 0 Å². The van der Waals surface area contributed by atoms with Crippen LogP contribution >= 0.6 is 0 Å². The molecule has 3 heterocycles. The van der Waals surface area contributed by atoms with Gasteiger partial charge in [-0.05, 0) is 67.8 Å². The van der Waals surface area contributed by atoms with Crippen molar-refractivity contribution in [2.24, 2.45) is 23.7 Å². The number of piperidine rings is 3. The lowest BCUT2D eigenvalue weighted by atomic mass is 9.60. The molecule has 3 fully saturated rings. The van der Waals surface area contributed by atoms with Crippen molar-refractivity contribution in [2.45, 2.75) is 38.4 Å². The van der Waals surface area contributed by atoms with Gasteiger partial charge in [0, 0.05) is 55.9 Å². The third kappa shape index (κ3) is 4.42. The third-order valence-electron chi connectivity index (χ3n) is 7.75. The van der Waals surface area contributed by atoms with Crippen LogP contribution in [0.1, 0.15) is 31.7 Å². The Morgan fingerprint density at radius 1 is 1.12 bits per heavy atom. The van der Waals surface area contributed by atoms with Crippen molar-refractivity contribution in [1.29, 1.82) is 0 Å². The number of pyridine rings is 1. The van der Waals surface area contributed by atoms with E-state index in [1.54, 1.807) is 18.2 Å². The quantitative estimate of drug-likeness (QED) is 0.744. The summed E-state index contributed by atoms with van der Waals surface area (Å²) < 4.78 is 40.5. The molecule has 1 N–H and O–H groups in total. The van der Waals surface area contributed by atoms with Crippen molar-refractivity contribution in [3.05, 3.63) is 36.0 Å². The van der Waals surface area contributed by atoms with E-state index in [9.17, 15) is 18.0 Å². The zero-order chi connectivity index (χ0) is 23.3. The summed E-state index contributed by atoms with van der Waals surface area (Å²) in [6.07, 6.45) is -0.353. The number of benzene rings is 1. The van der Waals surface area contributed by atoms with E-state index < -0.39 is 11.7 Å². The number of fused-ring (bicyclic) bond motifs is 3. The van der Waals surface area contributed by atoms with Crippen molar-refractivity contribution in [3.8, 4) is 0 Å². The molecule has 2 bridgehead atoms. The molecular formula is C25H31F3N4O. The lowest BCUT2D eigenvalue weighted by Gasteiger charge is -2.53. The topological polar surface area (TPSA) is 48.5 Å². The van der Waals surface area contributed by atoms with E-state index in [1.165, 1.54) is 12.6 Å². The van der Waals surface area contributed by atoms with Crippen LogP contribution in [0.2, 0.25) is 0 Å². The van der Waals surface area contributed by atoms with E-state index in [-0.39, 0.29) is 17.5 Å². The Morgan fingerprint density at radius 3 is 2.61 bits per heavy atom. The molecule has 5 nitrogen and oxygen atoms in total. The second-order valence-corrected chi connectivity index (χ2v) is 10.4. The van der Waals surface area contributed by atoms with Gasteiger partial charge in [-0.2, -0.15) is 13.2 Å². The fraction of sp³-hybridized carbons (Fsp3) is 0.600. The van der Waals surface area contributed by atoms with Gasteiger partial charge < -0.3 is 15.1 Å². The highest BCUT2D eigenvalue weighted by Crippen LogP contribution is 2.47. The summed E-state index contributed by atoms with van der Waals surface area (Å²) in [5.41, 5.74) is 0.00437. The summed E-state index contributed by atoms with van der Waals surface area (Å²) in [6, 6.07) is 6.04. The summed E-state index contributed by atoms with van der Waals surface area (Å²) in [4.78, 5) is 21.4. The van der Waals surface area contributed by atoms with Crippen LogP contribution in [-0.2, 0) is 11.0 Å². The van der Waals surface area contributed by atoms with E-state index in [1.807, 2.05) is 0 Å². The normalized spacial score (nSPS) is 30.2. The maximum absolute atomic E-state index is 13.5. The monoisotopic (exact) mass is 460 g/mol. The molecule has 2 aliphatic heterocycles. The first-order valence-corrected chi connectivity index (χ1v) is 11.9. The van der Waals surface area contributed by atoms with Crippen LogP contribution in [0.25, 0.3) is 10.9 Å². The lowest BCUT2D eigenvalue weighted by Crippen LogP contribution is -2.56. The SMILES string of the molecule is C[C@H]1C[C@@H](NC(=O)CC2C3CC2CN(C)C3)CN(c2ccc(C(F)(F)F)c3ncccc23)C1. The number of aromatic nitrogens is 1. The minimum absolute atomic E-state index is 0.0159. The molecule has 1 aromatic heterocycles. The molecule has 33 heavy (non-hydrogen) atoms. The molecule has 0 radical (unpaired) electrons. The molecule has 1 saturated carbocycles. The maximum atomic E-state index is 13.5. The number of nitrogens with zero attached hydrogens (tertiary/aromatic N) is 3. The predicted molar refractivity (Wildman–Crippen MR) is 122 cm³/mol. The minimum Gasteiger partial charge on any atom is -0.369 e. The van der Waals surface area contributed by atoms with Crippen LogP contribution < -0.4 is 10.2 Å². The van der Waals surface area contributed by atoms with Crippen molar-refractivity contribution in [3.63, 3.8) is 0 Å². The molecule has 0 spiro atoms. The molecule has 178 valence electrons. The highest BCUT2D eigenvalue weighted by molar-refractivity contribution is 5.94. The lowest BCUT2D eigenvalue weighted by molar-refractivity contribution is -0.136. The first-order valence-electron chi connectivity index (χ1n) is 11.9. The first-order chi connectivity index (χ1) is 15.7. The molecule has 8 heteroatoms. The Morgan fingerprint density at radius 2 is 1.88 bits per heavy atom. The van der Waals surface area contributed by atoms with E-state index in [2.05, 4.69) is 34.1 Å². The van der Waals surface area contributed by atoms with E-state index >= 15 is 0 Å². The Hall–Kier alpha value is -2.35. The fourth-order valence-electron chi connectivity index (χ4n) is 6.37. The molecule has 3 aliphatic rings. The van der Waals surface area contributed by atoms with Gasteiger partial charge in [-0.15, -0.1) is 0 Å². The Balaban J connectivity index is 1.30. The molecular weight excluding hydrogens is 429 g/mol. The number of alkyl halides is 3. The number of likely N-dealkylation sites (tertiary alicyclic amines) is 1. The zero-order valence-electron chi connectivity index (χ0n) is 19.1. The number of anilines is 1. The predicted octanol–water partition coefficient (Wildman–Crippen LogP) is 4.17. The maximum Gasteiger partial charge on any atom is 0.418 e. The average Bonchev–Trinajstić information content (AvgIpc) is 2.75. The summed E-state index contributed by atoms with van der Waals surface area (Å²) >= 11 is 0. The number of carbonyl (C=O) groups is 1. The number of carbonyl (C=O) groups excluding carboxylic acids is 1. The van der Waals surface area contributed by atoms with E-state index in [0.29, 0.717) is 42.0 Å². The Bertz CT molecular complexity index is 1030. The molecule has 2 aromatic rings. The summed E-state index contributed by atoms with van der Waals surface area (Å²) in [5.74, 6) is 2.18. The van der Waals surface area contributed by atoms with Crippen molar-refractivity contribution < 1.29 is 18.0 Å². The second kappa shape index (κ2) is 8.46. The molecule has 4 atom stereocenters. The Kier molecular flexibility index (Phi) is 5.75. The molecule has 2 saturated heterocycles. The number of halogens is 3. The van der Waals surface area contributed by atoms with Gasteiger partial charge in [-0.1, -0.05) is 6.92 Å². The molecule has 1 aromatic carbocycles. The largest absolute Gasteiger partial charge is 0.418 e. The molecule has 5 rings (SSSR count). The number of rotatable bonds is 4. The van der Waals surface area contributed by atoms with Gasteiger partial charge in [0.1, 0.15) is 0 Å². The van der Waals surface area contributed by atoms with Gasteiger partial charge in [0.2, 0.25) is 5.91 Å². The summed E-state index contributed by atoms with van der Waals surface area (Å²) in [6.45, 7) is 5.62. The van der Waals surface area contributed by atoms with Crippen LogP contribution in [0.4, 0.5) is 18.9 Å². The van der Waals surface area contributed by atoms with Crippen molar-refractivity contribution in [2.75, 3.05) is 38.1 Å². The third-order valence-corrected chi connectivity index (χ3v) is 7.75. The van der Waals surface area contributed by atoms with Crippen molar-refractivity contribution >= 4 is 22.5 Å². The number of hydrogen-bond acceptors (Lipinski definition) is 4. The minimum atomic E-state index is -4.45. The van der Waals surface area contributed by atoms with Gasteiger partial charge in [-0.25, -0.2) is 0 Å². The van der Waals surface area contributed by atoms with Crippen LogP contribution in [0.15, 0.2) is 30.5 Å². The molecule has 1 aliphatic carbocycles. The number of nitrogens with one attached hydrogen (secondary N) is 1. The summed E-state index contributed by atoms with van der Waals surface area (Å²) in [5, 5.41) is 3.74. The fourth-order valence-corrected chi connectivity index (χ4v) is 6.37. The smallest absolute Gasteiger partial charge is 0.369 e. The van der Waals surface area contributed by atoms with Gasteiger partial charge >= 0.3 is 6.18 Å². The van der Waals surface area contributed by atoms with Gasteiger partial charge in [0.05, 0.1) is 11.1 Å². The zero-order valence-corrected chi connectivity index (χ0v) is 19.1.